The highest BCUT2D eigenvalue weighted by Crippen LogP contribution is 2.26. The summed E-state index contributed by atoms with van der Waals surface area (Å²) in [6, 6.07) is 5.54. The second-order valence-electron chi connectivity index (χ2n) is 5.89. The van der Waals surface area contributed by atoms with Crippen molar-refractivity contribution in [1.29, 1.82) is 0 Å². The Bertz CT molecular complexity index is 574. The van der Waals surface area contributed by atoms with Gasteiger partial charge < -0.3 is 10.1 Å². The summed E-state index contributed by atoms with van der Waals surface area (Å²) in [4.78, 5) is 23.5. The normalized spacial score (nSPS) is 14.8. The van der Waals surface area contributed by atoms with E-state index >= 15 is 0 Å². The highest BCUT2D eigenvalue weighted by molar-refractivity contribution is 9.10. The summed E-state index contributed by atoms with van der Waals surface area (Å²) in [5.74, 6) is 0.175. The number of halogens is 1. The molecule has 7 heteroatoms. The van der Waals surface area contributed by atoms with E-state index in [-0.39, 0.29) is 18.7 Å². The van der Waals surface area contributed by atoms with Crippen molar-refractivity contribution in [2.24, 2.45) is 0 Å². The Morgan fingerprint density at radius 2 is 1.96 bits per heavy atom. The molecular formula is C17H24BrN3O3. The van der Waals surface area contributed by atoms with Gasteiger partial charge in [0.15, 0.2) is 6.61 Å². The molecule has 3 amide bonds. The van der Waals surface area contributed by atoms with Crippen LogP contribution in [-0.4, -0.2) is 24.6 Å². The van der Waals surface area contributed by atoms with Gasteiger partial charge in [0.25, 0.3) is 5.91 Å². The second kappa shape index (κ2) is 9.52. The van der Waals surface area contributed by atoms with E-state index in [9.17, 15) is 9.59 Å². The summed E-state index contributed by atoms with van der Waals surface area (Å²) in [7, 11) is 0. The Hall–Kier alpha value is -1.76. The van der Waals surface area contributed by atoms with Gasteiger partial charge in [0.05, 0.1) is 4.47 Å². The Morgan fingerprint density at radius 1 is 1.21 bits per heavy atom. The van der Waals surface area contributed by atoms with E-state index in [1.54, 1.807) is 0 Å². The number of urea groups is 1. The number of carbonyl (C=O) groups excluding carboxylic acids is 2. The fraction of sp³-hybridized carbons (Fsp3) is 0.529. The van der Waals surface area contributed by atoms with E-state index in [0.717, 1.165) is 36.6 Å². The monoisotopic (exact) mass is 397 g/mol. The molecule has 1 saturated carbocycles. The van der Waals surface area contributed by atoms with Crippen LogP contribution in [0, 0.1) is 0 Å². The Morgan fingerprint density at radius 3 is 2.62 bits per heavy atom. The number of carbonyl (C=O) groups is 2. The van der Waals surface area contributed by atoms with Crippen LogP contribution < -0.4 is 20.9 Å². The highest BCUT2D eigenvalue weighted by Gasteiger charge is 2.15. The molecule has 0 aliphatic heterocycles. The van der Waals surface area contributed by atoms with Crippen molar-refractivity contribution in [2.75, 3.05) is 6.61 Å². The molecule has 1 aliphatic rings. The van der Waals surface area contributed by atoms with Crippen LogP contribution in [0.4, 0.5) is 4.79 Å². The van der Waals surface area contributed by atoms with Gasteiger partial charge in [-0.25, -0.2) is 10.2 Å². The number of hydrogen-bond acceptors (Lipinski definition) is 3. The maximum atomic E-state index is 11.8. The zero-order valence-corrected chi connectivity index (χ0v) is 15.4. The molecule has 0 saturated heterocycles. The minimum Gasteiger partial charge on any atom is -0.483 e. The summed E-state index contributed by atoms with van der Waals surface area (Å²) >= 11 is 3.42. The van der Waals surface area contributed by atoms with Gasteiger partial charge >= 0.3 is 6.03 Å². The fourth-order valence-corrected chi connectivity index (χ4v) is 3.20. The molecule has 1 fully saturated rings. The Labute approximate surface area is 150 Å². The molecule has 3 N–H and O–H groups in total. The molecule has 0 heterocycles. The summed E-state index contributed by atoms with van der Waals surface area (Å²) in [5, 5.41) is 2.86. The van der Waals surface area contributed by atoms with Crippen LogP contribution in [0.25, 0.3) is 0 Å². The lowest BCUT2D eigenvalue weighted by molar-refractivity contribution is -0.123. The first kappa shape index (κ1) is 18.6. The maximum Gasteiger partial charge on any atom is 0.333 e. The summed E-state index contributed by atoms with van der Waals surface area (Å²) in [6.07, 6.45) is 6.41. The molecule has 0 atom stereocenters. The predicted octanol–water partition coefficient (Wildman–Crippen LogP) is 3.05. The molecule has 2 rings (SSSR count). The number of amides is 3. The van der Waals surface area contributed by atoms with Gasteiger partial charge in [-0.1, -0.05) is 32.3 Å². The number of nitrogens with one attached hydrogen (secondary N) is 3. The highest BCUT2D eigenvalue weighted by atomic mass is 79.9. The van der Waals surface area contributed by atoms with E-state index in [2.05, 4.69) is 39.0 Å². The van der Waals surface area contributed by atoms with E-state index in [4.69, 9.17) is 4.74 Å². The van der Waals surface area contributed by atoms with Crippen LogP contribution in [0.15, 0.2) is 22.7 Å². The van der Waals surface area contributed by atoms with Gasteiger partial charge in [-0.3, -0.25) is 10.2 Å². The predicted molar refractivity (Wildman–Crippen MR) is 95.7 cm³/mol. The molecule has 1 aliphatic carbocycles. The van der Waals surface area contributed by atoms with Crippen molar-refractivity contribution in [3.63, 3.8) is 0 Å². The topological polar surface area (TPSA) is 79.5 Å². The maximum absolute atomic E-state index is 11.8. The SMILES string of the molecule is CCc1ccc(OCC(=O)NNC(=O)NC2CCCCC2)c(Br)c1. The smallest absolute Gasteiger partial charge is 0.333 e. The van der Waals surface area contributed by atoms with Crippen molar-refractivity contribution in [2.45, 2.75) is 51.5 Å². The van der Waals surface area contributed by atoms with Crippen LogP contribution in [0.1, 0.15) is 44.6 Å². The molecule has 1 aromatic carbocycles. The van der Waals surface area contributed by atoms with Gasteiger partial charge in [-0.2, -0.15) is 0 Å². The molecule has 0 aromatic heterocycles. The van der Waals surface area contributed by atoms with Gasteiger partial charge in [0.2, 0.25) is 0 Å². The first-order valence-electron chi connectivity index (χ1n) is 8.35. The van der Waals surface area contributed by atoms with E-state index in [0.29, 0.717) is 5.75 Å². The third kappa shape index (κ3) is 6.03. The molecule has 6 nitrogen and oxygen atoms in total. The standard InChI is InChI=1S/C17H24BrN3O3/c1-2-12-8-9-15(14(18)10-12)24-11-16(22)20-21-17(23)19-13-6-4-3-5-7-13/h8-10,13H,2-7,11H2,1H3,(H,20,22)(H2,19,21,23). The van der Waals surface area contributed by atoms with Gasteiger partial charge in [0.1, 0.15) is 5.75 Å². The minimum atomic E-state index is -0.416. The number of benzene rings is 1. The Kier molecular flexibility index (Phi) is 7.36. The third-order valence-corrected chi connectivity index (χ3v) is 4.64. The quantitative estimate of drug-likeness (QED) is 0.667. The van der Waals surface area contributed by atoms with Gasteiger partial charge in [-0.15, -0.1) is 0 Å². The lowest BCUT2D eigenvalue weighted by Gasteiger charge is -2.22. The zero-order valence-electron chi connectivity index (χ0n) is 13.9. The number of hydrogen-bond donors (Lipinski definition) is 3. The van der Waals surface area contributed by atoms with Crippen LogP contribution in [-0.2, 0) is 11.2 Å². The number of rotatable bonds is 5. The minimum absolute atomic E-state index is 0.173. The van der Waals surface area contributed by atoms with Crippen LogP contribution >= 0.6 is 15.9 Å². The van der Waals surface area contributed by atoms with Crippen LogP contribution in [0.5, 0.6) is 5.75 Å². The largest absolute Gasteiger partial charge is 0.483 e. The number of ether oxygens (including phenoxy) is 1. The van der Waals surface area contributed by atoms with Gasteiger partial charge in [-0.05, 0) is 52.9 Å². The zero-order chi connectivity index (χ0) is 17.4. The van der Waals surface area contributed by atoms with Crippen molar-refractivity contribution >= 4 is 27.9 Å². The second-order valence-corrected chi connectivity index (χ2v) is 6.74. The first-order valence-corrected chi connectivity index (χ1v) is 9.14. The van der Waals surface area contributed by atoms with Crippen LogP contribution in [0.3, 0.4) is 0 Å². The van der Waals surface area contributed by atoms with E-state index in [1.807, 2.05) is 18.2 Å². The van der Waals surface area contributed by atoms with Crippen molar-refractivity contribution in [3.05, 3.63) is 28.2 Å². The molecule has 24 heavy (non-hydrogen) atoms. The molecule has 0 radical (unpaired) electrons. The van der Waals surface area contributed by atoms with Gasteiger partial charge in [0, 0.05) is 6.04 Å². The fourth-order valence-electron chi connectivity index (χ4n) is 2.66. The summed E-state index contributed by atoms with van der Waals surface area (Å²) < 4.78 is 6.25. The summed E-state index contributed by atoms with van der Waals surface area (Å²) in [5.41, 5.74) is 5.88. The van der Waals surface area contributed by atoms with Crippen molar-refractivity contribution in [1.82, 2.24) is 16.2 Å². The van der Waals surface area contributed by atoms with E-state index in [1.165, 1.54) is 12.0 Å². The third-order valence-electron chi connectivity index (χ3n) is 4.02. The van der Waals surface area contributed by atoms with E-state index < -0.39 is 5.91 Å². The molecule has 0 spiro atoms. The van der Waals surface area contributed by atoms with Crippen molar-refractivity contribution < 1.29 is 14.3 Å². The lowest BCUT2D eigenvalue weighted by Crippen LogP contribution is -2.51. The number of hydrazine groups is 1. The van der Waals surface area contributed by atoms with Crippen LogP contribution in [0.2, 0.25) is 0 Å². The lowest BCUT2D eigenvalue weighted by atomic mass is 9.96. The molecule has 132 valence electrons. The van der Waals surface area contributed by atoms with Crippen molar-refractivity contribution in [3.8, 4) is 5.75 Å². The first-order chi connectivity index (χ1) is 11.6. The average molecular weight is 398 g/mol. The molecule has 0 bridgehead atoms. The number of aryl methyl sites for hydroxylation is 1. The molecular weight excluding hydrogens is 374 g/mol. The molecule has 0 unspecified atom stereocenters. The summed E-state index contributed by atoms with van der Waals surface area (Å²) in [6.45, 7) is 1.90. The Balaban J connectivity index is 1.68. The average Bonchev–Trinajstić information content (AvgIpc) is 2.59. The molecule has 1 aromatic rings.